The van der Waals surface area contributed by atoms with E-state index in [9.17, 15) is 19.7 Å². The molecule has 0 spiro atoms. The predicted octanol–water partition coefficient (Wildman–Crippen LogP) is 3.24. The zero-order valence-electron chi connectivity index (χ0n) is 15.4. The van der Waals surface area contributed by atoms with Crippen molar-refractivity contribution >= 4 is 33.9 Å². The van der Waals surface area contributed by atoms with Crippen LogP contribution in [0.2, 0.25) is 0 Å². The number of nitro benzene ring substituents is 1. The van der Waals surface area contributed by atoms with E-state index in [0.29, 0.717) is 5.00 Å². The van der Waals surface area contributed by atoms with Crippen molar-refractivity contribution in [3.8, 4) is 5.75 Å². The quantitative estimate of drug-likeness (QED) is 0.356. The molecule has 0 radical (unpaired) electrons. The molecule has 0 unspecified atom stereocenters. The average Bonchev–Trinajstić information content (AvgIpc) is 3.32. The number of benzene rings is 1. The first-order valence-corrected chi connectivity index (χ1v) is 9.10. The van der Waals surface area contributed by atoms with E-state index >= 15 is 0 Å². The molecule has 11 heteroatoms. The Morgan fingerprint density at radius 3 is 2.79 bits per heavy atom. The second-order valence-electron chi connectivity index (χ2n) is 5.78. The maximum absolute atomic E-state index is 12.5. The highest BCUT2D eigenvalue weighted by Crippen LogP contribution is 2.29. The molecule has 0 aliphatic heterocycles. The lowest BCUT2D eigenvalue weighted by Crippen LogP contribution is -2.15. The molecule has 1 amide bonds. The Bertz CT molecular complexity index is 1070. The first-order valence-electron chi connectivity index (χ1n) is 8.29. The molecule has 29 heavy (non-hydrogen) atoms. The highest BCUT2D eigenvalue weighted by Gasteiger charge is 2.19. The fraction of sp³-hybridized carbons (Fsp3) is 0.167. The van der Waals surface area contributed by atoms with Crippen LogP contribution in [-0.4, -0.2) is 33.7 Å². The van der Waals surface area contributed by atoms with E-state index in [4.69, 9.17) is 9.47 Å². The van der Waals surface area contributed by atoms with Gasteiger partial charge in [-0.25, -0.2) is 9.48 Å². The second-order valence-corrected chi connectivity index (χ2v) is 7.04. The van der Waals surface area contributed by atoms with E-state index in [-0.39, 0.29) is 29.4 Å². The number of esters is 1. The number of rotatable bonds is 7. The zero-order chi connectivity index (χ0) is 21.0. The highest BCUT2D eigenvalue weighted by atomic mass is 32.1. The number of aromatic nitrogens is 2. The van der Waals surface area contributed by atoms with Crippen molar-refractivity contribution < 1.29 is 24.0 Å². The molecule has 2 aromatic heterocycles. The van der Waals surface area contributed by atoms with Gasteiger partial charge in [-0.3, -0.25) is 14.9 Å². The number of nitro groups is 1. The van der Waals surface area contributed by atoms with Crippen molar-refractivity contribution in [3.63, 3.8) is 0 Å². The number of nitrogens with zero attached hydrogens (tertiary/aromatic N) is 3. The van der Waals surface area contributed by atoms with Gasteiger partial charge in [0.25, 0.3) is 5.91 Å². The third-order valence-corrected chi connectivity index (χ3v) is 4.74. The van der Waals surface area contributed by atoms with Gasteiger partial charge in [-0.1, -0.05) is 12.1 Å². The van der Waals surface area contributed by atoms with Crippen molar-refractivity contribution in [2.75, 3.05) is 12.4 Å². The molecular formula is C18H16N4O6S. The fourth-order valence-electron chi connectivity index (χ4n) is 2.46. The monoisotopic (exact) mass is 416 g/mol. The van der Waals surface area contributed by atoms with Crippen LogP contribution >= 0.6 is 11.3 Å². The summed E-state index contributed by atoms with van der Waals surface area (Å²) in [6, 6.07) is 9.06. The van der Waals surface area contributed by atoms with E-state index in [2.05, 4.69) is 10.4 Å². The molecule has 0 saturated heterocycles. The molecule has 1 N–H and O–H groups in total. The van der Waals surface area contributed by atoms with Gasteiger partial charge in [0.15, 0.2) is 18.2 Å². The molecule has 2 heterocycles. The van der Waals surface area contributed by atoms with Crippen molar-refractivity contribution in [2.24, 2.45) is 0 Å². The summed E-state index contributed by atoms with van der Waals surface area (Å²) < 4.78 is 11.5. The molecule has 0 bridgehead atoms. The van der Waals surface area contributed by atoms with Crippen molar-refractivity contribution in [1.82, 2.24) is 9.78 Å². The third kappa shape index (κ3) is 4.58. The minimum atomic E-state index is -0.548. The van der Waals surface area contributed by atoms with E-state index in [0.717, 1.165) is 4.88 Å². The summed E-state index contributed by atoms with van der Waals surface area (Å²) in [7, 11) is 1.26. The molecule has 3 rings (SSSR count). The highest BCUT2D eigenvalue weighted by molar-refractivity contribution is 7.16. The van der Waals surface area contributed by atoms with Crippen molar-refractivity contribution in [1.29, 1.82) is 0 Å². The maximum Gasteiger partial charge on any atom is 0.340 e. The molecule has 3 aromatic rings. The van der Waals surface area contributed by atoms with Crippen LogP contribution < -0.4 is 10.1 Å². The number of thiophene rings is 1. The smallest absolute Gasteiger partial charge is 0.340 e. The van der Waals surface area contributed by atoms with Crippen molar-refractivity contribution in [2.45, 2.75) is 13.7 Å². The molecule has 0 saturated carbocycles. The summed E-state index contributed by atoms with van der Waals surface area (Å²) in [4.78, 5) is 35.6. The Labute approximate surface area is 168 Å². The lowest BCUT2D eigenvalue weighted by Gasteiger charge is -2.06. The Balaban J connectivity index is 1.68. The zero-order valence-corrected chi connectivity index (χ0v) is 16.3. The first-order chi connectivity index (χ1) is 13.9. The fourth-order valence-corrected chi connectivity index (χ4v) is 3.35. The topological polar surface area (TPSA) is 126 Å². The molecule has 150 valence electrons. The van der Waals surface area contributed by atoms with Crippen LogP contribution in [0.25, 0.3) is 0 Å². The number of amides is 1. The number of carbonyl (C=O) groups is 2. The summed E-state index contributed by atoms with van der Waals surface area (Å²) in [6.07, 6.45) is 1.50. The number of methoxy groups -OCH3 is 1. The van der Waals surface area contributed by atoms with Gasteiger partial charge < -0.3 is 14.8 Å². The predicted molar refractivity (Wildman–Crippen MR) is 104 cm³/mol. The van der Waals surface area contributed by atoms with Gasteiger partial charge in [0, 0.05) is 17.1 Å². The SMILES string of the molecule is COC(=O)c1cc(C)sc1NC(=O)c1ccn(COc2ccccc2[N+](=O)[O-])n1. The van der Waals surface area contributed by atoms with Crippen LogP contribution in [0.4, 0.5) is 10.7 Å². The summed E-state index contributed by atoms with van der Waals surface area (Å²) in [6.45, 7) is 1.69. The molecular weight excluding hydrogens is 400 g/mol. The van der Waals surface area contributed by atoms with Crippen LogP contribution in [0.3, 0.4) is 0 Å². The summed E-state index contributed by atoms with van der Waals surface area (Å²) in [5, 5.41) is 18.1. The average molecular weight is 416 g/mol. The van der Waals surface area contributed by atoms with E-state index in [1.54, 1.807) is 12.1 Å². The Morgan fingerprint density at radius 2 is 2.07 bits per heavy atom. The minimum absolute atomic E-state index is 0.0933. The summed E-state index contributed by atoms with van der Waals surface area (Å²) in [5.74, 6) is -0.967. The summed E-state index contributed by atoms with van der Waals surface area (Å²) >= 11 is 1.24. The first kappa shape index (κ1) is 20.0. The van der Waals surface area contributed by atoms with Crippen LogP contribution in [0.1, 0.15) is 25.7 Å². The third-order valence-electron chi connectivity index (χ3n) is 3.78. The Kier molecular flexibility index (Phi) is 5.88. The normalized spacial score (nSPS) is 10.4. The summed E-state index contributed by atoms with van der Waals surface area (Å²) in [5.41, 5.74) is 0.196. The van der Waals surface area contributed by atoms with Crippen LogP contribution in [0.5, 0.6) is 5.75 Å². The van der Waals surface area contributed by atoms with Gasteiger partial charge in [0.2, 0.25) is 0 Å². The Morgan fingerprint density at radius 1 is 1.31 bits per heavy atom. The number of ether oxygens (including phenoxy) is 2. The van der Waals surface area contributed by atoms with E-state index in [1.165, 1.54) is 53.6 Å². The van der Waals surface area contributed by atoms with E-state index < -0.39 is 16.8 Å². The molecule has 0 fully saturated rings. The number of para-hydroxylation sites is 2. The van der Waals surface area contributed by atoms with Crippen molar-refractivity contribution in [3.05, 3.63) is 68.8 Å². The maximum atomic E-state index is 12.5. The Hall–Kier alpha value is -3.73. The van der Waals surface area contributed by atoms with Gasteiger partial charge in [0.1, 0.15) is 5.00 Å². The lowest BCUT2D eigenvalue weighted by atomic mass is 10.3. The lowest BCUT2D eigenvalue weighted by molar-refractivity contribution is -0.386. The van der Waals surface area contributed by atoms with Crippen LogP contribution in [0.15, 0.2) is 42.6 Å². The molecule has 0 aliphatic rings. The molecule has 10 nitrogen and oxygen atoms in total. The van der Waals surface area contributed by atoms with Crippen LogP contribution in [-0.2, 0) is 11.5 Å². The number of hydrogen-bond donors (Lipinski definition) is 1. The molecule has 1 aromatic carbocycles. The number of carbonyl (C=O) groups excluding carboxylic acids is 2. The van der Waals surface area contributed by atoms with Gasteiger partial charge in [-0.2, -0.15) is 5.10 Å². The van der Waals surface area contributed by atoms with Gasteiger partial charge in [0.05, 0.1) is 17.6 Å². The van der Waals surface area contributed by atoms with Gasteiger partial charge in [-0.05, 0) is 25.1 Å². The number of anilines is 1. The van der Waals surface area contributed by atoms with E-state index in [1.807, 2.05) is 6.92 Å². The second kappa shape index (κ2) is 8.52. The minimum Gasteiger partial charge on any atom is -0.465 e. The molecule has 0 atom stereocenters. The number of nitrogens with one attached hydrogen (secondary N) is 1. The standard InChI is InChI=1S/C18H16N4O6S/c1-11-9-12(18(24)27-2)17(29-11)19-16(23)13-7-8-21(20-13)10-28-15-6-4-3-5-14(15)22(25)26/h3-9H,10H2,1-2H3,(H,19,23). The number of hydrogen-bond acceptors (Lipinski definition) is 8. The largest absolute Gasteiger partial charge is 0.465 e. The van der Waals surface area contributed by atoms with Crippen LogP contribution in [0, 0.1) is 17.0 Å². The van der Waals surface area contributed by atoms with Gasteiger partial charge in [-0.15, -0.1) is 11.3 Å². The van der Waals surface area contributed by atoms with Gasteiger partial charge >= 0.3 is 11.7 Å². The number of aryl methyl sites for hydroxylation is 1. The molecule has 0 aliphatic carbocycles.